The van der Waals surface area contributed by atoms with Crippen LogP contribution >= 0.6 is 0 Å². The van der Waals surface area contributed by atoms with Crippen LogP contribution in [-0.4, -0.2) is 35.4 Å². The summed E-state index contributed by atoms with van der Waals surface area (Å²) in [6, 6.07) is 11.3. The lowest BCUT2D eigenvalue weighted by atomic mass is 10.1. The number of hydrogen-bond donors (Lipinski definition) is 1. The van der Waals surface area contributed by atoms with Gasteiger partial charge in [-0.25, -0.2) is 4.39 Å². The van der Waals surface area contributed by atoms with E-state index in [9.17, 15) is 14.0 Å². The normalized spacial score (nSPS) is 14.8. The molecule has 1 N–H and O–H groups in total. The summed E-state index contributed by atoms with van der Waals surface area (Å²) in [6.07, 6.45) is 4.10. The van der Waals surface area contributed by atoms with Crippen LogP contribution in [0, 0.1) is 19.7 Å². The third-order valence-corrected chi connectivity index (χ3v) is 6.01. The number of nitrogens with one attached hydrogen (secondary N) is 1. The molecule has 1 aliphatic carbocycles. The van der Waals surface area contributed by atoms with Gasteiger partial charge in [0.05, 0.1) is 0 Å². The van der Waals surface area contributed by atoms with Crippen LogP contribution in [0.2, 0.25) is 0 Å². The Morgan fingerprint density at radius 2 is 1.84 bits per heavy atom. The second-order valence-corrected chi connectivity index (χ2v) is 8.31. The molecule has 6 heteroatoms. The van der Waals surface area contributed by atoms with Crippen molar-refractivity contribution in [2.75, 3.05) is 6.61 Å². The Labute approximate surface area is 183 Å². The molecule has 0 radical (unpaired) electrons. The fourth-order valence-corrected chi connectivity index (χ4v) is 3.82. The van der Waals surface area contributed by atoms with E-state index in [-0.39, 0.29) is 31.0 Å². The molecule has 1 atom stereocenters. The summed E-state index contributed by atoms with van der Waals surface area (Å²) >= 11 is 0. The number of nitrogens with zero attached hydrogens (tertiary/aromatic N) is 1. The molecule has 0 saturated heterocycles. The van der Waals surface area contributed by atoms with E-state index in [1.54, 1.807) is 25.1 Å². The lowest BCUT2D eigenvalue weighted by Crippen LogP contribution is -2.50. The van der Waals surface area contributed by atoms with Crippen LogP contribution in [0.5, 0.6) is 5.75 Å². The summed E-state index contributed by atoms with van der Waals surface area (Å²) in [5, 5.41) is 3.03. The second-order valence-electron chi connectivity index (χ2n) is 8.31. The molecule has 1 saturated carbocycles. The highest BCUT2D eigenvalue weighted by atomic mass is 19.1. The number of aryl methyl sites for hydroxylation is 2. The van der Waals surface area contributed by atoms with Crippen LogP contribution in [0.25, 0.3) is 0 Å². The molecule has 0 aliphatic heterocycles. The molecule has 0 heterocycles. The van der Waals surface area contributed by atoms with E-state index >= 15 is 0 Å². The van der Waals surface area contributed by atoms with Crippen molar-refractivity contribution in [3.8, 4) is 5.75 Å². The van der Waals surface area contributed by atoms with E-state index in [0.717, 1.165) is 36.8 Å². The van der Waals surface area contributed by atoms with E-state index < -0.39 is 11.9 Å². The van der Waals surface area contributed by atoms with Gasteiger partial charge in [-0.2, -0.15) is 0 Å². The molecular weight excluding hydrogens is 395 g/mol. The summed E-state index contributed by atoms with van der Waals surface area (Å²) in [5.74, 6) is -0.401. The Kier molecular flexibility index (Phi) is 7.66. The molecule has 3 rings (SSSR count). The zero-order valence-electron chi connectivity index (χ0n) is 18.5. The fourth-order valence-electron chi connectivity index (χ4n) is 3.82. The van der Waals surface area contributed by atoms with Crippen molar-refractivity contribution in [2.24, 2.45) is 0 Å². The summed E-state index contributed by atoms with van der Waals surface area (Å²) in [5.41, 5.74) is 2.57. The summed E-state index contributed by atoms with van der Waals surface area (Å²) in [4.78, 5) is 27.3. The lowest BCUT2D eigenvalue weighted by molar-refractivity contribution is -0.142. The predicted octanol–water partition coefficient (Wildman–Crippen LogP) is 4.30. The minimum Gasteiger partial charge on any atom is -0.484 e. The average molecular weight is 427 g/mol. The number of amides is 2. The van der Waals surface area contributed by atoms with Gasteiger partial charge in [0.1, 0.15) is 17.6 Å². The average Bonchev–Trinajstić information content (AvgIpc) is 3.26. The van der Waals surface area contributed by atoms with Gasteiger partial charge < -0.3 is 15.0 Å². The molecule has 1 fully saturated rings. The highest BCUT2D eigenvalue weighted by Gasteiger charge is 2.29. The molecular formula is C25H31FN2O3. The summed E-state index contributed by atoms with van der Waals surface area (Å²) in [6.45, 7) is 5.44. The molecule has 31 heavy (non-hydrogen) atoms. The van der Waals surface area contributed by atoms with E-state index in [4.69, 9.17) is 4.74 Å². The highest BCUT2D eigenvalue weighted by Crippen LogP contribution is 2.20. The summed E-state index contributed by atoms with van der Waals surface area (Å²) < 4.78 is 20.0. The largest absolute Gasteiger partial charge is 0.484 e. The maximum atomic E-state index is 14.3. The van der Waals surface area contributed by atoms with E-state index in [2.05, 4.69) is 5.32 Å². The van der Waals surface area contributed by atoms with Gasteiger partial charge in [0.2, 0.25) is 5.91 Å². The molecule has 0 spiro atoms. The molecule has 0 aromatic heterocycles. The van der Waals surface area contributed by atoms with Crippen molar-refractivity contribution in [1.29, 1.82) is 0 Å². The lowest BCUT2D eigenvalue weighted by Gasteiger charge is -2.29. The Morgan fingerprint density at radius 3 is 2.52 bits per heavy atom. The first-order valence-electron chi connectivity index (χ1n) is 10.9. The number of hydrogen-bond acceptors (Lipinski definition) is 3. The first kappa shape index (κ1) is 22.8. The van der Waals surface area contributed by atoms with Crippen molar-refractivity contribution >= 4 is 11.8 Å². The SMILES string of the molecule is Cc1ccc(OCC(=O)N(Cc2ccccc2F)[C@@H](C)C(=O)NC2CCCC2)cc1C. The number of ether oxygens (including phenoxy) is 1. The number of rotatable bonds is 8. The zero-order chi connectivity index (χ0) is 22.4. The Hall–Kier alpha value is -2.89. The van der Waals surface area contributed by atoms with E-state index in [0.29, 0.717) is 11.3 Å². The second kappa shape index (κ2) is 10.4. The quantitative estimate of drug-likeness (QED) is 0.685. The van der Waals surface area contributed by atoms with E-state index in [1.165, 1.54) is 11.0 Å². The number of benzene rings is 2. The zero-order valence-corrected chi connectivity index (χ0v) is 18.5. The van der Waals surface area contributed by atoms with Gasteiger partial charge in [0, 0.05) is 18.2 Å². The van der Waals surface area contributed by atoms with Crippen molar-refractivity contribution in [3.05, 3.63) is 65.0 Å². The third-order valence-electron chi connectivity index (χ3n) is 6.01. The van der Waals surface area contributed by atoms with Gasteiger partial charge in [0.25, 0.3) is 5.91 Å². The van der Waals surface area contributed by atoms with Crippen molar-refractivity contribution in [1.82, 2.24) is 10.2 Å². The Balaban J connectivity index is 1.73. The first-order chi connectivity index (χ1) is 14.8. The van der Waals surface area contributed by atoms with Crippen molar-refractivity contribution < 1.29 is 18.7 Å². The molecule has 0 bridgehead atoms. The van der Waals surface area contributed by atoms with Crippen LogP contribution < -0.4 is 10.1 Å². The van der Waals surface area contributed by atoms with Gasteiger partial charge in [-0.3, -0.25) is 9.59 Å². The number of carbonyl (C=O) groups excluding carboxylic acids is 2. The Bertz CT molecular complexity index is 925. The molecule has 2 aromatic carbocycles. The fraction of sp³-hybridized carbons (Fsp3) is 0.440. The van der Waals surface area contributed by atoms with Crippen LogP contribution in [-0.2, 0) is 16.1 Å². The molecule has 166 valence electrons. The van der Waals surface area contributed by atoms with Crippen LogP contribution in [0.4, 0.5) is 4.39 Å². The van der Waals surface area contributed by atoms with Crippen LogP contribution in [0.1, 0.15) is 49.3 Å². The number of halogens is 1. The molecule has 0 unspecified atom stereocenters. The van der Waals surface area contributed by atoms with Gasteiger partial charge in [-0.1, -0.05) is 37.1 Å². The molecule has 1 aliphatic rings. The van der Waals surface area contributed by atoms with Crippen molar-refractivity contribution in [2.45, 2.75) is 65.1 Å². The van der Waals surface area contributed by atoms with Gasteiger partial charge in [-0.15, -0.1) is 0 Å². The highest BCUT2D eigenvalue weighted by molar-refractivity contribution is 5.88. The predicted molar refractivity (Wildman–Crippen MR) is 118 cm³/mol. The molecule has 2 aromatic rings. The maximum absolute atomic E-state index is 14.3. The maximum Gasteiger partial charge on any atom is 0.261 e. The molecule has 5 nitrogen and oxygen atoms in total. The van der Waals surface area contributed by atoms with Gasteiger partial charge in [-0.05, 0) is 62.9 Å². The van der Waals surface area contributed by atoms with Gasteiger partial charge >= 0.3 is 0 Å². The number of carbonyl (C=O) groups is 2. The minimum atomic E-state index is -0.740. The van der Waals surface area contributed by atoms with Crippen LogP contribution in [0.3, 0.4) is 0 Å². The van der Waals surface area contributed by atoms with Gasteiger partial charge in [0.15, 0.2) is 6.61 Å². The monoisotopic (exact) mass is 426 g/mol. The smallest absolute Gasteiger partial charge is 0.261 e. The van der Waals surface area contributed by atoms with Crippen LogP contribution in [0.15, 0.2) is 42.5 Å². The minimum absolute atomic E-state index is 0.00104. The first-order valence-corrected chi connectivity index (χ1v) is 10.9. The standard InChI is InChI=1S/C25H31FN2O3/c1-17-12-13-22(14-18(17)2)31-16-24(29)28(15-20-8-4-7-11-23(20)26)19(3)25(30)27-21-9-5-6-10-21/h4,7-8,11-14,19,21H,5-6,9-10,15-16H2,1-3H3,(H,27,30)/t19-/m0/s1. The van der Waals surface area contributed by atoms with Crippen molar-refractivity contribution in [3.63, 3.8) is 0 Å². The molecule has 2 amide bonds. The summed E-state index contributed by atoms with van der Waals surface area (Å²) in [7, 11) is 0. The Morgan fingerprint density at radius 1 is 1.13 bits per heavy atom. The van der Waals surface area contributed by atoms with E-state index in [1.807, 2.05) is 32.0 Å². The third kappa shape index (κ3) is 6.06. The topological polar surface area (TPSA) is 58.6 Å².